The van der Waals surface area contributed by atoms with Crippen molar-refractivity contribution < 1.29 is 29.0 Å². The summed E-state index contributed by atoms with van der Waals surface area (Å²) in [4.78, 5) is 37.5. The Morgan fingerprint density at radius 2 is 2.03 bits per heavy atom. The van der Waals surface area contributed by atoms with E-state index in [1.807, 2.05) is 30.3 Å². The Bertz CT molecular complexity index is 975. The molecule has 2 aromatic carbocycles. The number of hydrogen-bond acceptors (Lipinski definition) is 6. The summed E-state index contributed by atoms with van der Waals surface area (Å²) in [5.74, 6) is -2.63. The first kappa shape index (κ1) is 21.6. The van der Waals surface area contributed by atoms with Gasteiger partial charge in [-0.3, -0.25) is 4.79 Å². The maximum atomic E-state index is 12.9. The second-order valence-electron chi connectivity index (χ2n) is 7.00. The number of fused-ring (bicyclic) bond motifs is 1. The van der Waals surface area contributed by atoms with E-state index in [9.17, 15) is 19.5 Å². The highest BCUT2D eigenvalue weighted by Gasteiger charge is 2.33. The predicted molar refractivity (Wildman–Crippen MR) is 110 cm³/mol. The van der Waals surface area contributed by atoms with Crippen LogP contribution in [0.3, 0.4) is 0 Å². The van der Waals surface area contributed by atoms with Crippen molar-refractivity contribution in [1.82, 2.24) is 5.32 Å². The Balaban J connectivity index is 1.90. The quantitative estimate of drug-likeness (QED) is 0.681. The monoisotopic (exact) mass is 431 g/mol. The van der Waals surface area contributed by atoms with E-state index >= 15 is 0 Å². The SMILES string of the molecule is CCOC(=O)[C@H](Cc1ccccc1)NC(=O)c1cc(Cl)c2c(c1O)C(=O)OC(C)C2. The van der Waals surface area contributed by atoms with Crippen molar-refractivity contribution >= 4 is 29.4 Å². The molecule has 0 fully saturated rings. The highest BCUT2D eigenvalue weighted by molar-refractivity contribution is 6.32. The zero-order valence-corrected chi connectivity index (χ0v) is 17.4. The highest BCUT2D eigenvalue weighted by atomic mass is 35.5. The van der Waals surface area contributed by atoms with Gasteiger partial charge in [0.05, 0.1) is 12.2 Å². The molecule has 0 spiro atoms. The Kier molecular flexibility index (Phi) is 6.62. The molecule has 2 atom stereocenters. The van der Waals surface area contributed by atoms with Gasteiger partial charge in [-0.25, -0.2) is 9.59 Å². The van der Waals surface area contributed by atoms with Gasteiger partial charge in [0.2, 0.25) is 0 Å². The molecule has 0 bridgehead atoms. The lowest BCUT2D eigenvalue weighted by Gasteiger charge is -2.24. The Morgan fingerprint density at radius 1 is 1.33 bits per heavy atom. The minimum absolute atomic E-state index is 0.124. The number of aromatic hydroxyl groups is 1. The normalized spacial score (nSPS) is 16.2. The Morgan fingerprint density at radius 3 is 2.70 bits per heavy atom. The van der Waals surface area contributed by atoms with Crippen molar-refractivity contribution in [2.24, 2.45) is 0 Å². The van der Waals surface area contributed by atoms with E-state index in [4.69, 9.17) is 21.1 Å². The molecule has 1 aliphatic heterocycles. The molecule has 1 amide bonds. The number of carbonyl (C=O) groups excluding carboxylic acids is 3. The second-order valence-corrected chi connectivity index (χ2v) is 7.40. The largest absolute Gasteiger partial charge is 0.506 e. The van der Waals surface area contributed by atoms with E-state index < -0.39 is 29.6 Å². The standard InChI is InChI=1S/C22H22ClNO6/c1-3-29-21(27)17(10-13-7-5-4-6-8-13)24-20(26)15-11-16(23)14-9-12(2)30-22(28)18(14)19(15)25/h4-8,11-12,17,25H,3,9-10H2,1-2H3,(H,24,26)/t12?,17-/m0/s1. The van der Waals surface area contributed by atoms with Gasteiger partial charge in [-0.2, -0.15) is 0 Å². The van der Waals surface area contributed by atoms with Crippen LogP contribution >= 0.6 is 11.6 Å². The van der Waals surface area contributed by atoms with E-state index in [2.05, 4.69) is 5.32 Å². The van der Waals surface area contributed by atoms with Crippen LogP contribution in [0.5, 0.6) is 5.75 Å². The topological polar surface area (TPSA) is 102 Å². The van der Waals surface area contributed by atoms with E-state index in [-0.39, 0.29) is 35.3 Å². The molecule has 7 nitrogen and oxygen atoms in total. The van der Waals surface area contributed by atoms with Gasteiger partial charge in [-0.05, 0) is 31.0 Å². The fourth-order valence-electron chi connectivity index (χ4n) is 3.36. The summed E-state index contributed by atoms with van der Waals surface area (Å²) in [5.41, 5.74) is 0.913. The number of nitrogens with one attached hydrogen (secondary N) is 1. The molecule has 8 heteroatoms. The summed E-state index contributed by atoms with van der Waals surface area (Å²) < 4.78 is 10.2. The number of amides is 1. The van der Waals surface area contributed by atoms with Gasteiger partial charge < -0.3 is 19.9 Å². The van der Waals surface area contributed by atoms with Crippen molar-refractivity contribution in [3.8, 4) is 5.75 Å². The molecule has 30 heavy (non-hydrogen) atoms. The fourth-order valence-corrected chi connectivity index (χ4v) is 3.65. The molecule has 0 radical (unpaired) electrons. The van der Waals surface area contributed by atoms with Crippen molar-refractivity contribution in [3.05, 3.63) is 63.7 Å². The first-order chi connectivity index (χ1) is 14.3. The molecule has 1 heterocycles. The van der Waals surface area contributed by atoms with Crippen LogP contribution in [0.1, 0.15) is 45.7 Å². The molecule has 1 unspecified atom stereocenters. The van der Waals surface area contributed by atoms with E-state index in [0.717, 1.165) is 5.56 Å². The van der Waals surface area contributed by atoms with E-state index in [0.29, 0.717) is 12.0 Å². The number of hydrogen-bond donors (Lipinski definition) is 2. The zero-order chi connectivity index (χ0) is 21.8. The fraction of sp³-hybridized carbons (Fsp3) is 0.318. The zero-order valence-electron chi connectivity index (χ0n) is 16.6. The summed E-state index contributed by atoms with van der Waals surface area (Å²) in [6.07, 6.45) is 0.139. The number of carbonyl (C=O) groups is 3. The molecule has 0 saturated carbocycles. The van der Waals surface area contributed by atoms with Crippen LogP contribution in [0, 0.1) is 0 Å². The number of esters is 2. The van der Waals surface area contributed by atoms with Gasteiger partial charge in [0.1, 0.15) is 23.5 Å². The summed E-state index contributed by atoms with van der Waals surface area (Å²) in [6, 6.07) is 9.43. The lowest BCUT2D eigenvalue weighted by molar-refractivity contribution is -0.145. The number of phenolic OH excluding ortho intramolecular Hbond substituents is 1. The maximum Gasteiger partial charge on any atom is 0.342 e. The third-order valence-corrected chi connectivity index (χ3v) is 5.10. The Labute approximate surface area is 178 Å². The number of rotatable bonds is 6. The van der Waals surface area contributed by atoms with Crippen LogP contribution in [0.15, 0.2) is 36.4 Å². The van der Waals surface area contributed by atoms with Gasteiger partial charge in [0, 0.05) is 17.9 Å². The van der Waals surface area contributed by atoms with E-state index in [1.54, 1.807) is 13.8 Å². The minimum atomic E-state index is -0.985. The molecule has 1 aliphatic rings. The summed E-state index contributed by atoms with van der Waals surface area (Å²) >= 11 is 6.28. The van der Waals surface area contributed by atoms with Gasteiger partial charge in [-0.1, -0.05) is 41.9 Å². The molecule has 0 aliphatic carbocycles. The molecule has 158 valence electrons. The molecular formula is C22H22ClNO6. The van der Waals surface area contributed by atoms with Crippen LogP contribution in [0.2, 0.25) is 5.02 Å². The van der Waals surface area contributed by atoms with E-state index in [1.165, 1.54) is 6.07 Å². The predicted octanol–water partition coefficient (Wildman–Crippen LogP) is 3.05. The summed E-state index contributed by atoms with van der Waals surface area (Å²) in [6.45, 7) is 3.53. The van der Waals surface area contributed by atoms with Crippen LogP contribution in [-0.4, -0.2) is 41.7 Å². The average Bonchev–Trinajstić information content (AvgIpc) is 2.70. The molecule has 2 N–H and O–H groups in total. The third kappa shape index (κ3) is 4.57. The summed E-state index contributed by atoms with van der Waals surface area (Å²) in [5, 5.41) is 13.3. The van der Waals surface area contributed by atoms with Crippen molar-refractivity contribution in [3.63, 3.8) is 0 Å². The highest BCUT2D eigenvalue weighted by Crippen LogP contribution is 2.36. The smallest absolute Gasteiger partial charge is 0.342 e. The van der Waals surface area contributed by atoms with Crippen molar-refractivity contribution in [2.75, 3.05) is 6.61 Å². The number of halogens is 1. The van der Waals surface area contributed by atoms with Gasteiger partial charge in [0.25, 0.3) is 5.91 Å². The molecule has 0 saturated heterocycles. The third-order valence-electron chi connectivity index (χ3n) is 4.76. The number of benzene rings is 2. The van der Waals surface area contributed by atoms with Gasteiger partial charge in [-0.15, -0.1) is 0 Å². The van der Waals surface area contributed by atoms with Crippen molar-refractivity contribution in [1.29, 1.82) is 0 Å². The number of ether oxygens (including phenoxy) is 2. The van der Waals surface area contributed by atoms with Crippen LogP contribution in [-0.2, 0) is 27.1 Å². The second kappa shape index (κ2) is 9.17. The first-order valence-corrected chi connectivity index (χ1v) is 9.96. The van der Waals surface area contributed by atoms with Gasteiger partial charge in [0.15, 0.2) is 0 Å². The lowest BCUT2D eigenvalue weighted by Crippen LogP contribution is -2.43. The lowest BCUT2D eigenvalue weighted by atomic mass is 9.95. The molecule has 0 aromatic heterocycles. The maximum absolute atomic E-state index is 12.9. The number of phenols is 1. The molecular weight excluding hydrogens is 410 g/mol. The van der Waals surface area contributed by atoms with Crippen LogP contribution < -0.4 is 5.32 Å². The molecule has 2 aromatic rings. The average molecular weight is 432 g/mol. The van der Waals surface area contributed by atoms with Crippen LogP contribution in [0.4, 0.5) is 0 Å². The summed E-state index contributed by atoms with van der Waals surface area (Å²) in [7, 11) is 0. The molecule has 3 rings (SSSR count). The first-order valence-electron chi connectivity index (χ1n) is 9.58. The minimum Gasteiger partial charge on any atom is -0.506 e. The van der Waals surface area contributed by atoms with Crippen LogP contribution in [0.25, 0.3) is 0 Å². The van der Waals surface area contributed by atoms with Gasteiger partial charge >= 0.3 is 11.9 Å². The van der Waals surface area contributed by atoms with Crippen molar-refractivity contribution in [2.45, 2.75) is 38.8 Å². The number of cyclic esters (lactones) is 1. The Hall–Kier alpha value is -3.06.